The molecule has 1 heterocycles. The number of nitrogens with zero attached hydrogens (tertiary/aromatic N) is 1. The number of hydrogen-bond donors (Lipinski definition) is 0. The molecule has 106 valence electrons. The average Bonchev–Trinajstić information content (AvgIpc) is 2.52. The summed E-state index contributed by atoms with van der Waals surface area (Å²) in [6, 6.07) is 2.86. The summed E-state index contributed by atoms with van der Waals surface area (Å²) >= 11 is 0. The second-order valence-corrected chi connectivity index (χ2v) is 9.91. The predicted octanol–water partition coefficient (Wildman–Crippen LogP) is 4.47. The average molecular weight is 268 g/mol. The minimum Gasteiger partial charge on any atom is -0.303 e. The molecule has 0 aliphatic carbocycles. The summed E-state index contributed by atoms with van der Waals surface area (Å²) in [4.78, 5) is 2.74. The van der Waals surface area contributed by atoms with Crippen LogP contribution in [0.25, 0.3) is 0 Å². The second kappa shape index (κ2) is 9.80. The largest absolute Gasteiger partial charge is 0.303 e. The lowest BCUT2D eigenvalue weighted by molar-refractivity contribution is 0.272. The molecule has 1 aliphatic heterocycles. The molecule has 0 spiro atoms. The van der Waals surface area contributed by atoms with Crippen LogP contribution >= 0.6 is 0 Å². The van der Waals surface area contributed by atoms with Gasteiger partial charge in [-0.1, -0.05) is 57.7 Å². The van der Waals surface area contributed by atoms with Crippen LogP contribution in [0.4, 0.5) is 0 Å². The molecule has 1 rings (SSSR count). The first-order valence-corrected chi connectivity index (χ1v) is 10.5. The van der Waals surface area contributed by atoms with E-state index in [-0.39, 0.29) is 0 Å². The van der Waals surface area contributed by atoms with E-state index in [1.165, 1.54) is 70.2 Å². The van der Waals surface area contributed by atoms with E-state index in [4.69, 9.17) is 0 Å². The van der Waals surface area contributed by atoms with E-state index in [9.17, 15) is 0 Å². The molecule has 1 atom stereocenters. The number of rotatable bonds is 6. The standard InChI is InChI=1S/C16H33NSi/c1-4-16(18(5-2)6-3)15-17-13-11-9-7-8-10-12-14-17/h4,16,18H,1,5-15H2,2-3H3. The monoisotopic (exact) mass is 267 g/mol. The highest BCUT2D eigenvalue weighted by Gasteiger charge is 2.20. The summed E-state index contributed by atoms with van der Waals surface area (Å²) in [7, 11) is -0.575. The van der Waals surface area contributed by atoms with Gasteiger partial charge in [0, 0.05) is 15.3 Å². The van der Waals surface area contributed by atoms with Gasteiger partial charge in [-0.25, -0.2) is 0 Å². The van der Waals surface area contributed by atoms with Crippen molar-refractivity contribution in [3.63, 3.8) is 0 Å². The van der Waals surface area contributed by atoms with Gasteiger partial charge in [0.25, 0.3) is 0 Å². The highest BCUT2D eigenvalue weighted by molar-refractivity contribution is 6.60. The van der Waals surface area contributed by atoms with E-state index in [0.29, 0.717) is 0 Å². The summed E-state index contributed by atoms with van der Waals surface area (Å²) in [5.74, 6) is 0. The third-order valence-electron chi connectivity index (χ3n) is 4.62. The zero-order chi connectivity index (χ0) is 13.2. The highest BCUT2D eigenvalue weighted by atomic mass is 28.3. The molecule has 0 N–H and O–H groups in total. The van der Waals surface area contributed by atoms with Gasteiger partial charge in [0.2, 0.25) is 0 Å². The highest BCUT2D eigenvalue weighted by Crippen LogP contribution is 2.21. The van der Waals surface area contributed by atoms with Crippen molar-refractivity contribution < 1.29 is 0 Å². The molecule has 1 aliphatic rings. The van der Waals surface area contributed by atoms with E-state index in [1.807, 2.05) is 0 Å². The molecule has 1 fully saturated rings. The Morgan fingerprint density at radius 2 is 1.50 bits per heavy atom. The Morgan fingerprint density at radius 1 is 1.00 bits per heavy atom. The fourth-order valence-electron chi connectivity index (χ4n) is 3.28. The maximum Gasteiger partial charge on any atom is 0.0452 e. The van der Waals surface area contributed by atoms with Gasteiger partial charge in [0.05, 0.1) is 0 Å². The van der Waals surface area contributed by atoms with Crippen LogP contribution in [-0.2, 0) is 0 Å². The Bertz CT molecular complexity index is 203. The molecule has 0 saturated carbocycles. The molecule has 18 heavy (non-hydrogen) atoms. The normalized spacial score (nSPS) is 21.1. The lowest BCUT2D eigenvalue weighted by atomic mass is 10.1. The van der Waals surface area contributed by atoms with E-state index < -0.39 is 8.80 Å². The van der Waals surface area contributed by atoms with Crippen molar-refractivity contribution >= 4 is 8.80 Å². The smallest absolute Gasteiger partial charge is 0.0452 e. The lowest BCUT2D eigenvalue weighted by Crippen LogP contribution is -2.34. The quantitative estimate of drug-likeness (QED) is 0.507. The molecule has 1 saturated heterocycles. The molecule has 0 bridgehead atoms. The van der Waals surface area contributed by atoms with Crippen LogP contribution in [0.5, 0.6) is 0 Å². The van der Waals surface area contributed by atoms with Crippen LogP contribution in [0.1, 0.15) is 52.4 Å². The summed E-state index contributed by atoms with van der Waals surface area (Å²) < 4.78 is 0. The summed E-state index contributed by atoms with van der Waals surface area (Å²) in [5, 5.41) is 0. The zero-order valence-electron chi connectivity index (χ0n) is 12.7. The third kappa shape index (κ3) is 5.70. The molecule has 0 radical (unpaired) electrons. The fourth-order valence-corrected chi connectivity index (χ4v) is 6.05. The van der Waals surface area contributed by atoms with Crippen molar-refractivity contribution in [3.8, 4) is 0 Å². The summed E-state index contributed by atoms with van der Waals surface area (Å²) in [5.41, 5.74) is 0.834. The van der Waals surface area contributed by atoms with E-state index >= 15 is 0 Å². The van der Waals surface area contributed by atoms with E-state index in [1.54, 1.807) is 0 Å². The first-order valence-electron chi connectivity index (χ1n) is 8.16. The minimum absolute atomic E-state index is 0.575. The Hall–Kier alpha value is -0.0831. The van der Waals surface area contributed by atoms with Crippen LogP contribution < -0.4 is 0 Å². The van der Waals surface area contributed by atoms with E-state index in [0.717, 1.165) is 5.54 Å². The predicted molar refractivity (Wildman–Crippen MR) is 86.2 cm³/mol. The fraction of sp³-hybridized carbons (Fsp3) is 0.875. The zero-order valence-corrected chi connectivity index (χ0v) is 13.8. The Labute approximate surface area is 116 Å². The SMILES string of the molecule is C=CC(CN1CCCCCCCC1)[SiH](CC)CC. The van der Waals surface area contributed by atoms with Gasteiger partial charge in [0.1, 0.15) is 0 Å². The Kier molecular flexibility index (Phi) is 8.69. The van der Waals surface area contributed by atoms with Crippen molar-refractivity contribution in [2.45, 2.75) is 70.0 Å². The van der Waals surface area contributed by atoms with Gasteiger partial charge in [0.15, 0.2) is 0 Å². The first-order chi connectivity index (χ1) is 8.81. The van der Waals surface area contributed by atoms with Gasteiger partial charge in [-0.15, -0.1) is 6.58 Å². The molecule has 0 aromatic heterocycles. The maximum absolute atomic E-state index is 4.11. The molecule has 1 nitrogen and oxygen atoms in total. The lowest BCUT2D eigenvalue weighted by Gasteiger charge is -2.29. The van der Waals surface area contributed by atoms with Gasteiger partial charge in [-0.3, -0.25) is 0 Å². The topological polar surface area (TPSA) is 3.24 Å². The maximum atomic E-state index is 4.11. The van der Waals surface area contributed by atoms with E-state index in [2.05, 4.69) is 31.4 Å². The number of hydrogen-bond acceptors (Lipinski definition) is 1. The molecule has 0 aromatic rings. The van der Waals surface area contributed by atoms with Crippen molar-refractivity contribution in [1.29, 1.82) is 0 Å². The van der Waals surface area contributed by atoms with Gasteiger partial charge >= 0.3 is 0 Å². The summed E-state index contributed by atoms with van der Waals surface area (Å²) in [6.45, 7) is 12.9. The van der Waals surface area contributed by atoms with Crippen molar-refractivity contribution in [1.82, 2.24) is 4.90 Å². The molecular formula is C16H33NSi. The molecule has 0 aromatic carbocycles. The van der Waals surface area contributed by atoms with Crippen molar-refractivity contribution in [2.24, 2.45) is 0 Å². The summed E-state index contributed by atoms with van der Waals surface area (Å²) in [6.07, 6.45) is 10.9. The Balaban J connectivity index is 2.46. The van der Waals surface area contributed by atoms with Crippen molar-refractivity contribution in [2.75, 3.05) is 19.6 Å². The molecule has 2 heteroatoms. The molecule has 0 amide bonds. The van der Waals surface area contributed by atoms with Crippen LogP contribution in [0.3, 0.4) is 0 Å². The van der Waals surface area contributed by atoms with Crippen LogP contribution in [0.15, 0.2) is 12.7 Å². The van der Waals surface area contributed by atoms with Gasteiger partial charge < -0.3 is 4.90 Å². The second-order valence-electron chi connectivity index (χ2n) is 5.90. The minimum atomic E-state index is -0.575. The first kappa shape index (κ1) is 16.0. The molecular weight excluding hydrogens is 234 g/mol. The molecule has 1 unspecified atom stereocenters. The van der Waals surface area contributed by atoms with Crippen molar-refractivity contribution in [3.05, 3.63) is 12.7 Å². The van der Waals surface area contributed by atoms with Crippen LogP contribution in [-0.4, -0.2) is 33.3 Å². The van der Waals surface area contributed by atoms with Gasteiger partial charge in [-0.2, -0.15) is 0 Å². The van der Waals surface area contributed by atoms with Crippen LogP contribution in [0.2, 0.25) is 17.6 Å². The van der Waals surface area contributed by atoms with Crippen LogP contribution in [0, 0.1) is 0 Å². The third-order valence-corrected chi connectivity index (χ3v) is 8.42. The van der Waals surface area contributed by atoms with Gasteiger partial charge in [-0.05, 0) is 31.5 Å². The Morgan fingerprint density at radius 3 is 1.94 bits per heavy atom.